The summed E-state index contributed by atoms with van der Waals surface area (Å²) in [4.78, 5) is 52.1. The minimum atomic E-state index is -0.705. The number of Topliss-reactive ketones (excluding diaryl/α,β-unsaturated/α-hetero) is 1. The Morgan fingerprint density at radius 3 is 2.28 bits per heavy atom. The zero-order valence-corrected chi connectivity index (χ0v) is 17.4. The number of rotatable bonds is 6. The number of hydrogen-bond donors (Lipinski definition) is 0. The van der Waals surface area contributed by atoms with Gasteiger partial charge in [-0.15, -0.1) is 0 Å². The Labute approximate surface area is 184 Å². The highest BCUT2D eigenvalue weighted by molar-refractivity contribution is 6.23. The van der Waals surface area contributed by atoms with Gasteiger partial charge in [0, 0.05) is 5.56 Å². The molecule has 2 aliphatic carbocycles. The lowest BCUT2D eigenvalue weighted by molar-refractivity contribution is -0.123. The van der Waals surface area contributed by atoms with E-state index in [0.717, 1.165) is 6.42 Å². The van der Waals surface area contributed by atoms with Crippen LogP contribution in [-0.2, 0) is 14.3 Å². The number of allylic oxidation sites excluding steroid dienone is 2. The van der Waals surface area contributed by atoms with Crippen LogP contribution in [0.2, 0.25) is 0 Å². The molecule has 32 heavy (non-hydrogen) atoms. The molecule has 2 aromatic carbocycles. The Morgan fingerprint density at radius 2 is 1.59 bits per heavy atom. The largest absolute Gasteiger partial charge is 0.497 e. The Hall–Kier alpha value is -3.74. The molecule has 0 aromatic heterocycles. The molecule has 7 nitrogen and oxygen atoms in total. The van der Waals surface area contributed by atoms with E-state index in [1.165, 1.54) is 24.1 Å². The van der Waals surface area contributed by atoms with Crippen LogP contribution in [0.5, 0.6) is 5.75 Å². The number of anilines is 1. The molecule has 7 heteroatoms. The summed E-state index contributed by atoms with van der Waals surface area (Å²) in [7, 11) is 1.50. The van der Waals surface area contributed by atoms with Crippen molar-refractivity contribution in [1.82, 2.24) is 0 Å². The maximum Gasteiger partial charge on any atom is 0.338 e. The first-order valence-corrected chi connectivity index (χ1v) is 10.5. The maximum absolute atomic E-state index is 13.0. The van der Waals surface area contributed by atoms with E-state index < -0.39 is 12.6 Å². The normalized spacial score (nSPS) is 25.2. The molecule has 2 aromatic rings. The van der Waals surface area contributed by atoms with E-state index >= 15 is 0 Å². The van der Waals surface area contributed by atoms with E-state index in [4.69, 9.17) is 9.47 Å². The number of carbonyl (C=O) groups is 4. The van der Waals surface area contributed by atoms with E-state index in [1.807, 2.05) is 12.2 Å². The standard InChI is InChI=1S/C25H21NO6/c1-31-19-7-3-4-14(12-19)20(27)13-32-25(30)17-5-2-6-18(11-17)26-23(28)21-15-8-9-16(10-15)22(21)24(26)29/h2-9,11-12,15-16,21-22H,10,13H2,1H3/t15-,16+,21-,22-/m0/s1. The first-order chi connectivity index (χ1) is 15.5. The number of methoxy groups -OCH3 is 1. The minimum absolute atomic E-state index is 0.113. The number of amides is 2. The third-order valence-corrected chi connectivity index (χ3v) is 6.54. The molecule has 4 atom stereocenters. The van der Waals surface area contributed by atoms with Crippen LogP contribution < -0.4 is 9.64 Å². The average molecular weight is 431 g/mol. The molecule has 1 heterocycles. The molecule has 3 aliphatic rings. The lowest BCUT2D eigenvalue weighted by Crippen LogP contribution is -2.33. The van der Waals surface area contributed by atoms with Gasteiger partial charge in [-0.25, -0.2) is 9.69 Å². The number of ketones is 1. The summed E-state index contributed by atoms with van der Waals surface area (Å²) in [5.74, 6) is -1.36. The first kappa shape index (κ1) is 20.2. The van der Waals surface area contributed by atoms with E-state index in [-0.39, 0.29) is 46.8 Å². The molecule has 1 saturated heterocycles. The Bertz CT molecular complexity index is 1140. The number of ether oxygens (including phenoxy) is 2. The molecule has 5 rings (SSSR count). The van der Waals surface area contributed by atoms with Gasteiger partial charge < -0.3 is 9.47 Å². The van der Waals surface area contributed by atoms with Gasteiger partial charge in [0.05, 0.1) is 30.2 Å². The number of imide groups is 1. The van der Waals surface area contributed by atoms with E-state index in [1.54, 1.807) is 36.4 Å². The van der Waals surface area contributed by atoms with Crippen molar-refractivity contribution in [2.75, 3.05) is 18.6 Å². The fourth-order valence-corrected chi connectivity index (χ4v) is 5.02. The average Bonchev–Trinajstić information content (AvgIpc) is 3.51. The van der Waals surface area contributed by atoms with Gasteiger partial charge >= 0.3 is 5.97 Å². The summed E-state index contributed by atoms with van der Waals surface area (Å²) in [6, 6.07) is 12.8. The van der Waals surface area contributed by atoms with Crippen LogP contribution in [0, 0.1) is 23.7 Å². The van der Waals surface area contributed by atoms with Crippen molar-refractivity contribution in [3.8, 4) is 5.75 Å². The molecule has 0 radical (unpaired) electrons. The van der Waals surface area contributed by atoms with Crippen molar-refractivity contribution in [1.29, 1.82) is 0 Å². The number of esters is 1. The van der Waals surface area contributed by atoms with E-state index in [0.29, 0.717) is 17.0 Å². The Morgan fingerprint density at radius 1 is 0.938 bits per heavy atom. The number of carbonyl (C=O) groups excluding carboxylic acids is 4. The molecule has 2 fully saturated rings. The zero-order chi connectivity index (χ0) is 22.4. The van der Waals surface area contributed by atoms with E-state index in [9.17, 15) is 19.2 Å². The lowest BCUT2D eigenvalue weighted by atomic mass is 9.85. The number of hydrogen-bond acceptors (Lipinski definition) is 6. The molecule has 1 saturated carbocycles. The highest BCUT2D eigenvalue weighted by Crippen LogP contribution is 2.53. The van der Waals surface area contributed by atoms with Gasteiger partial charge in [-0.2, -0.15) is 0 Å². The van der Waals surface area contributed by atoms with Gasteiger partial charge in [-0.1, -0.05) is 30.4 Å². The highest BCUT2D eigenvalue weighted by Gasteiger charge is 2.59. The van der Waals surface area contributed by atoms with Crippen LogP contribution in [0.3, 0.4) is 0 Å². The highest BCUT2D eigenvalue weighted by atomic mass is 16.5. The fourth-order valence-electron chi connectivity index (χ4n) is 5.02. The van der Waals surface area contributed by atoms with Gasteiger partial charge in [-0.3, -0.25) is 14.4 Å². The van der Waals surface area contributed by atoms with Crippen molar-refractivity contribution >= 4 is 29.3 Å². The second-order valence-corrected chi connectivity index (χ2v) is 8.29. The summed E-state index contributed by atoms with van der Waals surface area (Å²) >= 11 is 0. The molecule has 0 spiro atoms. The topological polar surface area (TPSA) is 90.0 Å². The lowest BCUT2D eigenvalue weighted by Gasteiger charge is -2.18. The third kappa shape index (κ3) is 3.21. The Kier molecular flexibility index (Phi) is 4.89. The van der Waals surface area contributed by atoms with Crippen LogP contribution in [0.4, 0.5) is 5.69 Å². The van der Waals surface area contributed by atoms with Crippen LogP contribution in [0.1, 0.15) is 27.1 Å². The summed E-state index contributed by atoms with van der Waals surface area (Å²) < 4.78 is 10.3. The predicted molar refractivity (Wildman–Crippen MR) is 114 cm³/mol. The van der Waals surface area contributed by atoms with Crippen LogP contribution >= 0.6 is 0 Å². The molecule has 2 amide bonds. The van der Waals surface area contributed by atoms with Gasteiger partial charge in [0.15, 0.2) is 12.4 Å². The monoisotopic (exact) mass is 431 g/mol. The van der Waals surface area contributed by atoms with Crippen LogP contribution in [-0.4, -0.2) is 37.3 Å². The molecule has 162 valence electrons. The minimum Gasteiger partial charge on any atom is -0.497 e. The summed E-state index contributed by atoms with van der Waals surface area (Å²) in [6.45, 7) is -0.434. The molecule has 2 bridgehead atoms. The second kappa shape index (κ2) is 7.75. The molecular weight excluding hydrogens is 410 g/mol. The second-order valence-electron chi connectivity index (χ2n) is 8.29. The van der Waals surface area contributed by atoms with Crippen molar-refractivity contribution in [2.24, 2.45) is 23.7 Å². The maximum atomic E-state index is 13.0. The quantitative estimate of drug-likeness (QED) is 0.302. The zero-order valence-electron chi connectivity index (χ0n) is 17.4. The van der Waals surface area contributed by atoms with Gasteiger partial charge in [-0.05, 0) is 48.6 Å². The summed E-state index contributed by atoms with van der Waals surface area (Å²) in [5.41, 5.74) is 0.885. The Balaban J connectivity index is 1.29. The molecule has 0 N–H and O–H groups in total. The van der Waals surface area contributed by atoms with E-state index in [2.05, 4.69) is 0 Å². The van der Waals surface area contributed by atoms with Crippen molar-refractivity contribution in [2.45, 2.75) is 6.42 Å². The number of nitrogens with zero attached hydrogens (tertiary/aromatic N) is 1. The predicted octanol–water partition coefficient (Wildman–Crippen LogP) is 3.05. The van der Waals surface area contributed by atoms with Gasteiger partial charge in [0.1, 0.15) is 5.75 Å². The number of fused-ring (bicyclic) bond motifs is 5. The third-order valence-electron chi connectivity index (χ3n) is 6.54. The molecule has 0 unspecified atom stereocenters. The van der Waals surface area contributed by atoms with Gasteiger partial charge in [0.25, 0.3) is 0 Å². The van der Waals surface area contributed by atoms with Crippen LogP contribution in [0.25, 0.3) is 0 Å². The van der Waals surface area contributed by atoms with Crippen molar-refractivity contribution < 1.29 is 28.7 Å². The number of benzene rings is 2. The van der Waals surface area contributed by atoms with Gasteiger partial charge in [0.2, 0.25) is 11.8 Å². The molecular formula is C25H21NO6. The first-order valence-electron chi connectivity index (χ1n) is 10.5. The SMILES string of the molecule is COc1cccc(C(=O)COC(=O)c2cccc(N3C(=O)[C@@H]4[C@@H](C3=O)[C@H]3C=C[C@@H]4C3)c2)c1. The van der Waals surface area contributed by atoms with Crippen molar-refractivity contribution in [3.63, 3.8) is 0 Å². The molecule has 1 aliphatic heterocycles. The summed E-state index contributed by atoms with van der Waals surface area (Å²) in [6.07, 6.45) is 4.93. The smallest absolute Gasteiger partial charge is 0.338 e. The van der Waals surface area contributed by atoms with Crippen molar-refractivity contribution in [3.05, 3.63) is 71.8 Å². The fraction of sp³-hybridized carbons (Fsp3) is 0.280. The van der Waals surface area contributed by atoms with Crippen LogP contribution in [0.15, 0.2) is 60.7 Å². The summed E-state index contributed by atoms with van der Waals surface area (Å²) in [5, 5.41) is 0.